The molecule has 0 spiro atoms. The summed E-state index contributed by atoms with van der Waals surface area (Å²) in [4.78, 5) is 11.9. The van der Waals surface area contributed by atoms with E-state index in [9.17, 15) is 13.2 Å². The van der Waals surface area contributed by atoms with E-state index in [2.05, 4.69) is 20.7 Å². The van der Waals surface area contributed by atoms with Gasteiger partial charge in [0.15, 0.2) is 15.1 Å². The molecule has 0 aliphatic carbocycles. The van der Waals surface area contributed by atoms with Crippen molar-refractivity contribution in [3.8, 4) is 0 Å². The molecule has 106 valence electrons. The highest BCUT2D eigenvalue weighted by Crippen LogP contribution is 2.27. The number of sulfone groups is 1. The first kappa shape index (κ1) is 16.2. The number of unbranched alkanes of at least 4 members (excludes halogenated alkanes) is 1. The molecule has 1 rings (SSSR count). The van der Waals surface area contributed by atoms with Gasteiger partial charge < -0.3 is 4.74 Å². The quantitative estimate of drug-likeness (QED) is 0.741. The summed E-state index contributed by atoms with van der Waals surface area (Å²) in [5.74, 6) is -0.704. The average Bonchev–Trinajstić information content (AvgIpc) is 2.38. The molecule has 0 fully saturated rings. The number of hydrogen-bond donors (Lipinski definition) is 0. The van der Waals surface area contributed by atoms with E-state index in [0.29, 0.717) is 10.9 Å². The third kappa shape index (κ3) is 3.79. The van der Waals surface area contributed by atoms with Crippen LogP contribution in [0.5, 0.6) is 0 Å². The van der Waals surface area contributed by atoms with Crippen LogP contribution in [0.2, 0.25) is 0 Å². The number of hydrogen-bond acceptors (Lipinski definition) is 4. The molecule has 0 N–H and O–H groups in total. The van der Waals surface area contributed by atoms with E-state index in [-0.39, 0.29) is 11.3 Å². The van der Waals surface area contributed by atoms with Crippen molar-refractivity contribution in [2.24, 2.45) is 0 Å². The fourth-order valence-corrected chi connectivity index (χ4v) is 4.45. The van der Waals surface area contributed by atoms with Crippen molar-refractivity contribution in [3.05, 3.63) is 28.7 Å². The predicted molar refractivity (Wildman–Crippen MR) is 76.7 cm³/mol. The molecule has 19 heavy (non-hydrogen) atoms. The Bertz CT molecular complexity index is 539. The molecule has 1 aromatic carbocycles. The lowest BCUT2D eigenvalue weighted by atomic mass is 10.2. The summed E-state index contributed by atoms with van der Waals surface area (Å²) >= 11 is 3.21. The van der Waals surface area contributed by atoms with Crippen molar-refractivity contribution in [2.45, 2.75) is 36.3 Å². The van der Waals surface area contributed by atoms with Crippen LogP contribution in [0.25, 0.3) is 0 Å². The van der Waals surface area contributed by atoms with Gasteiger partial charge in [-0.15, -0.1) is 0 Å². The zero-order valence-corrected chi connectivity index (χ0v) is 13.3. The zero-order valence-electron chi connectivity index (χ0n) is 10.9. The van der Waals surface area contributed by atoms with E-state index in [4.69, 9.17) is 0 Å². The van der Waals surface area contributed by atoms with E-state index in [1.165, 1.54) is 13.2 Å². The van der Waals surface area contributed by atoms with Gasteiger partial charge in [-0.25, -0.2) is 8.42 Å². The predicted octanol–water partition coefficient (Wildman–Crippen LogP) is 2.95. The number of carbonyl (C=O) groups excluding carboxylic acids is 1. The zero-order chi connectivity index (χ0) is 14.5. The molecule has 1 unspecified atom stereocenters. The van der Waals surface area contributed by atoms with Crippen LogP contribution in [-0.2, 0) is 19.4 Å². The Morgan fingerprint density at radius 1 is 1.37 bits per heavy atom. The van der Waals surface area contributed by atoms with Gasteiger partial charge in [0.05, 0.1) is 12.0 Å². The standard InChI is InChI=1S/C13H17BrO4S/c1-3-4-8-12(13(15)18-2)19(16,17)11-9-6-5-7-10(11)14/h5-7,9,12H,3-4,8H2,1-2H3. The Hall–Kier alpha value is -0.880. The maximum Gasteiger partial charge on any atom is 0.324 e. The van der Waals surface area contributed by atoms with Crippen LogP contribution in [0.3, 0.4) is 0 Å². The number of ether oxygens (including phenoxy) is 1. The van der Waals surface area contributed by atoms with Crippen LogP contribution in [0.15, 0.2) is 33.6 Å². The maximum atomic E-state index is 12.5. The molecule has 0 heterocycles. The Kier molecular flexibility index (Phi) is 6.00. The highest BCUT2D eigenvalue weighted by Gasteiger charge is 2.35. The summed E-state index contributed by atoms with van der Waals surface area (Å²) in [7, 11) is -2.53. The Labute approximate surface area is 122 Å². The van der Waals surface area contributed by atoms with Gasteiger partial charge in [0.25, 0.3) is 0 Å². The number of esters is 1. The fraction of sp³-hybridized carbons (Fsp3) is 0.462. The van der Waals surface area contributed by atoms with Crippen molar-refractivity contribution in [3.63, 3.8) is 0 Å². The lowest BCUT2D eigenvalue weighted by Crippen LogP contribution is -2.31. The highest BCUT2D eigenvalue weighted by molar-refractivity contribution is 9.10. The van der Waals surface area contributed by atoms with Crippen LogP contribution in [0.1, 0.15) is 26.2 Å². The minimum Gasteiger partial charge on any atom is -0.468 e. The summed E-state index contributed by atoms with van der Waals surface area (Å²) in [6, 6.07) is 6.48. The summed E-state index contributed by atoms with van der Waals surface area (Å²) in [5.41, 5.74) is 0. The van der Waals surface area contributed by atoms with Gasteiger partial charge in [0.1, 0.15) is 0 Å². The topological polar surface area (TPSA) is 60.4 Å². The largest absolute Gasteiger partial charge is 0.468 e. The van der Waals surface area contributed by atoms with E-state index in [1.54, 1.807) is 18.2 Å². The molecule has 4 nitrogen and oxygen atoms in total. The molecular weight excluding hydrogens is 332 g/mol. The maximum absolute atomic E-state index is 12.5. The SMILES string of the molecule is CCCCC(C(=O)OC)S(=O)(=O)c1ccccc1Br. The van der Waals surface area contributed by atoms with E-state index < -0.39 is 21.1 Å². The van der Waals surface area contributed by atoms with Gasteiger partial charge in [-0.3, -0.25) is 4.79 Å². The monoisotopic (exact) mass is 348 g/mol. The van der Waals surface area contributed by atoms with Crippen molar-refractivity contribution in [1.29, 1.82) is 0 Å². The Balaban J connectivity index is 3.20. The van der Waals surface area contributed by atoms with Crippen LogP contribution in [0.4, 0.5) is 0 Å². The number of rotatable bonds is 6. The molecule has 0 saturated carbocycles. The minimum absolute atomic E-state index is 0.126. The van der Waals surface area contributed by atoms with Crippen LogP contribution in [0, 0.1) is 0 Å². The highest BCUT2D eigenvalue weighted by atomic mass is 79.9. The van der Waals surface area contributed by atoms with Crippen LogP contribution in [-0.4, -0.2) is 26.7 Å². The molecule has 0 saturated heterocycles. The Morgan fingerprint density at radius 3 is 2.53 bits per heavy atom. The van der Waals surface area contributed by atoms with Crippen molar-refractivity contribution >= 4 is 31.7 Å². The van der Waals surface area contributed by atoms with Crippen molar-refractivity contribution in [1.82, 2.24) is 0 Å². The van der Waals surface area contributed by atoms with Gasteiger partial charge in [-0.05, 0) is 34.5 Å². The molecule has 0 radical (unpaired) electrons. The van der Waals surface area contributed by atoms with Crippen LogP contribution >= 0.6 is 15.9 Å². The summed E-state index contributed by atoms with van der Waals surface area (Å²) < 4.78 is 30.1. The van der Waals surface area contributed by atoms with Gasteiger partial charge >= 0.3 is 5.97 Å². The molecule has 0 aliphatic heterocycles. The molecule has 6 heteroatoms. The third-order valence-corrected chi connectivity index (χ3v) is 5.90. The second kappa shape index (κ2) is 7.05. The molecule has 1 aromatic rings. The van der Waals surface area contributed by atoms with Crippen molar-refractivity contribution < 1.29 is 17.9 Å². The summed E-state index contributed by atoms with van der Waals surface area (Å²) in [5, 5.41) is -1.14. The number of carbonyl (C=O) groups is 1. The lowest BCUT2D eigenvalue weighted by Gasteiger charge is -2.16. The Morgan fingerprint density at radius 2 is 2.00 bits per heavy atom. The first-order valence-electron chi connectivity index (χ1n) is 6.01. The number of benzene rings is 1. The summed E-state index contributed by atoms with van der Waals surface area (Å²) in [6.45, 7) is 1.94. The van der Waals surface area contributed by atoms with E-state index >= 15 is 0 Å². The first-order chi connectivity index (χ1) is 8.95. The number of methoxy groups -OCH3 is 1. The van der Waals surface area contributed by atoms with Crippen LogP contribution < -0.4 is 0 Å². The van der Waals surface area contributed by atoms with Gasteiger partial charge in [0.2, 0.25) is 0 Å². The fourth-order valence-electron chi connectivity index (χ4n) is 1.75. The number of halogens is 1. The molecule has 0 aromatic heterocycles. The summed E-state index contributed by atoms with van der Waals surface area (Å²) in [6.07, 6.45) is 1.75. The van der Waals surface area contributed by atoms with Gasteiger partial charge in [-0.2, -0.15) is 0 Å². The third-order valence-electron chi connectivity index (χ3n) is 2.80. The van der Waals surface area contributed by atoms with E-state index in [1.807, 2.05) is 6.92 Å². The van der Waals surface area contributed by atoms with Crippen molar-refractivity contribution in [2.75, 3.05) is 7.11 Å². The average molecular weight is 349 g/mol. The molecular formula is C13H17BrO4S. The normalized spacial score (nSPS) is 13.0. The van der Waals surface area contributed by atoms with Gasteiger partial charge in [0, 0.05) is 4.47 Å². The minimum atomic E-state index is -3.74. The molecule has 0 amide bonds. The first-order valence-corrected chi connectivity index (χ1v) is 8.35. The lowest BCUT2D eigenvalue weighted by molar-refractivity contribution is -0.140. The molecule has 0 bridgehead atoms. The van der Waals surface area contributed by atoms with E-state index in [0.717, 1.165) is 6.42 Å². The molecule has 1 atom stereocenters. The molecule has 0 aliphatic rings. The van der Waals surface area contributed by atoms with Gasteiger partial charge in [-0.1, -0.05) is 31.9 Å². The smallest absolute Gasteiger partial charge is 0.324 e. The second-order valence-corrected chi connectivity index (χ2v) is 7.08. The second-order valence-electron chi connectivity index (χ2n) is 4.13.